The number of hydrogen-bond donors (Lipinski definition) is 2. The van der Waals surface area contributed by atoms with E-state index >= 15 is 0 Å². The maximum absolute atomic E-state index is 14.0. The molecule has 3 N–H and O–H groups in total. The molecular weight excluding hydrogens is 260 g/mol. The average Bonchev–Trinajstić information content (AvgIpc) is 2.98. The number of benzene rings is 1. The van der Waals surface area contributed by atoms with E-state index in [4.69, 9.17) is 5.73 Å². The quantitative estimate of drug-likeness (QED) is 0.878. The van der Waals surface area contributed by atoms with Gasteiger partial charge in [0.1, 0.15) is 11.6 Å². The van der Waals surface area contributed by atoms with Crippen molar-refractivity contribution in [2.45, 2.75) is 38.0 Å². The second-order valence-electron chi connectivity index (χ2n) is 5.75. The molecule has 3 nitrogen and oxygen atoms in total. The number of aromatic nitrogens is 2. The maximum atomic E-state index is 14.0. The fraction of sp³-hybridized carbons (Fsp3) is 0.400. The van der Waals surface area contributed by atoms with E-state index in [1.807, 2.05) is 0 Å². The first-order valence-corrected chi connectivity index (χ1v) is 6.81. The van der Waals surface area contributed by atoms with E-state index in [0.717, 1.165) is 37.4 Å². The normalized spacial score (nSPS) is 17.6. The van der Waals surface area contributed by atoms with Crippen LogP contribution in [0.4, 0.5) is 14.6 Å². The Bertz CT molecular complexity index is 643. The fourth-order valence-corrected chi connectivity index (χ4v) is 3.16. The van der Waals surface area contributed by atoms with Crippen LogP contribution in [-0.2, 0) is 5.41 Å². The number of anilines is 1. The molecule has 0 bridgehead atoms. The molecule has 0 aliphatic heterocycles. The third-order valence-corrected chi connectivity index (χ3v) is 4.31. The second kappa shape index (κ2) is 4.58. The maximum Gasteiger partial charge on any atom is 0.153 e. The Kier molecular flexibility index (Phi) is 3.00. The van der Waals surface area contributed by atoms with Crippen molar-refractivity contribution in [3.8, 4) is 11.1 Å². The largest absolute Gasteiger partial charge is 0.382 e. The monoisotopic (exact) mass is 277 g/mol. The Morgan fingerprint density at radius 1 is 1.25 bits per heavy atom. The van der Waals surface area contributed by atoms with Crippen LogP contribution in [0.15, 0.2) is 18.2 Å². The lowest BCUT2D eigenvalue weighted by molar-refractivity contribution is 0.475. The number of nitrogens with two attached hydrogens (primary N) is 1. The number of aromatic amines is 1. The van der Waals surface area contributed by atoms with Gasteiger partial charge < -0.3 is 5.73 Å². The minimum atomic E-state index is -0.610. The minimum absolute atomic E-state index is 0.0687. The first-order chi connectivity index (χ1) is 9.51. The van der Waals surface area contributed by atoms with Gasteiger partial charge in [-0.15, -0.1) is 0 Å². The van der Waals surface area contributed by atoms with E-state index in [-0.39, 0.29) is 11.2 Å². The molecule has 0 saturated heterocycles. The van der Waals surface area contributed by atoms with Crippen LogP contribution in [-0.4, -0.2) is 10.2 Å². The molecule has 1 aromatic carbocycles. The Morgan fingerprint density at radius 3 is 2.60 bits per heavy atom. The summed E-state index contributed by atoms with van der Waals surface area (Å²) in [4.78, 5) is 0. The van der Waals surface area contributed by atoms with Crippen LogP contribution in [0.25, 0.3) is 11.1 Å². The van der Waals surface area contributed by atoms with Crippen molar-refractivity contribution < 1.29 is 8.78 Å². The lowest BCUT2D eigenvalue weighted by atomic mass is 9.81. The molecule has 1 fully saturated rings. The van der Waals surface area contributed by atoms with E-state index in [9.17, 15) is 8.78 Å². The van der Waals surface area contributed by atoms with Gasteiger partial charge in [-0.1, -0.05) is 19.8 Å². The van der Waals surface area contributed by atoms with E-state index in [2.05, 4.69) is 17.1 Å². The third-order valence-electron chi connectivity index (χ3n) is 4.31. The summed E-state index contributed by atoms with van der Waals surface area (Å²) < 4.78 is 27.1. The van der Waals surface area contributed by atoms with Crippen molar-refractivity contribution in [3.05, 3.63) is 35.5 Å². The summed E-state index contributed by atoms with van der Waals surface area (Å²) in [5.74, 6) is -0.943. The standard InChI is InChI=1S/C15H17F2N3/c1-15(6-2-3-7-15)13-12(14(18)20-19-13)10-5-4-9(16)8-11(10)17/h4-5,8H,2-3,6-7H2,1H3,(H3,18,19,20). The predicted octanol–water partition coefficient (Wildman–Crippen LogP) is 3.77. The van der Waals surface area contributed by atoms with Gasteiger partial charge in [-0.25, -0.2) is 8.78 Å². The van der Waals surface area contributed by atoms with E-state index in [1.165, 1.54) is 12.1 Å². The smallest absolute Gasteiger partial charge is 0.153 e. The minimum Gasteiger partial charge on any atom is -0.382 e. The summed E-state index contributed by atoms with van der Waals surface area (Å²) in [5.41, 5.74) is 7.58. The van der Waals surface area contributed by atoms with Crippen molar-refractivity contribution in [1.82, 2.24) is 10.2 Å². The van der Waals surface area contributed by atoms with Crippen LogP contribution in [0, 0.1) is 11.6 Å². The fourth-order valence-electron chi connectivity index (χ4n) is 3.16. The first-order valence-electron chi connectivity index (χ1n) is 6.81. The van der Waals surface area contributed by atoms with E-state index in [1.54, 1.807) is 0 Å². The van der Waals surface area contributed by atoms with Gasteiger partial charge >= 0.3 is 0 Å². The zero-order valence-electron chi connectivity index (χ0n) is 11.3. The molecule has 0 radical (unpaired) electrons. The number of nitrogens with zero attached hydrogens (tertiary/aromatic N) is 1. The lowest BCUT2D eigenvalue weighted by Crippen LogP contribution is -2.18. The van der Waals surface area contributed by atoms with Gasteiger partial charge in [0, 0.05) is 17.0 Å². The van der Waals surface area contributed by atoms with Crippen LogP contribution in [0.5, 0.6) is 0 Å². The van der Waals surface area contributed by atoms with Gasteiger partial charge in [-0.2, -0.15) is 5.10 Å². The van der Waals surface area contributed by atoms with Gasteiger partial charge in [-0.05, 0) is 25.0 Å². The van der Waals surface area contributed by atoms with Gasteiger partial charge in [0.2, 0.25) is 0 Å². The van der Waals surface area contributed by atoms with Gasteiger partial charge in [0.25, 0.3) is 0 Å². The van der Waals surface area contributed by atoms with Crippen molar-refractivity contribution in [1.29, 1.82) is 0 Å². The molecule has 2 aromatic rings. The molecule has 1 aliphatic carbocycles. The highest BCUT2D eigenvalue weighted by Crippen LogP contribution is 2.45. The number of nitrogen functional groups attached to an aromatic ring is 1. The summed E-state index contributed by atoms with van der Waals surface area (Å²) in [6, 6.07) is 3.54. The molecule has 3 rings (SSSR count). The topological polar surface area (TPSA) is 54.7 Å². The molecule has 0 atom stereocenters. The summed E-state index contributed by atoms with van der Waals surface area (Å²) in [7, 11) is 0. The molecule has 0 unspecified atom stereocenters. The van der Waals surface area contributed by atoms with E-state index in [0.29, 0.717) is 11.1 Å². The van der Waals surface area contributed by atoms with Crippen molar-refractivity contribution >= 4 is 5.82 Å². The van der Waals surface area contributed by atoms with Crippen molar-refractivity contribution in [3.63, 3.8) is 0 Å². The van der Waals surface area contributed by atoms with Crippen LogP contribution in [0.1, 0.15) is 38.3 Å². The summed E-state index contributed by atoms with van der Waals surface area (Å²) >= 11 is 0. The van der Waals surface area contributed by atoms with Crippen LogP contribution < -0.4 is 5.73 Å². The first kappa shape index (κ1) is 13.1. The van der Waals surface area contributed by atoms with Crippen LogP contribution in [0.3, 0.4) is 0 Å². The molecule has 5 heteroatoms. The number of halogens is 2. The molecule has 1 aliphatic rings. The third kappa shape index (κ3) is 1.97. The van der Waals surface area contributed by atoms with E-state index < -0.39 is 11.6 Å². The lowest BCUT2D eigenvalue weighted by Gasteiger charge is -2.23. The summed E-state index contributed by atoms with van der Waals surface area (Å²) in [5, 5.41) is 7.00. The summed E-state index contributed by atoms with van der Waals surface area (Å²) in [6.07, 6.45) is 4.32. The molecule has 0 amide bonds. The Balaban J connectivity index is 2.16. The Morgan fingerprint density at radius 2 is 1.95 bits per heavy atom. The van der Waals surface area contributed by atoms with Gasteiger partial charge in [-0.3, -0.25) is 5.10 Å². The SMILES string of the molecule is CC1(c2[nH]nc(N)c2-c2ccc(F)cc2F)CCCC1. The average molecular weight is 277 g/mol. The highest BCUT2D eigenvalue weighted by Gasteiger charge is 2.36. The number of nitrogens with one attached hydrogen (secondary N) is 1. The number of hydrogen-bond acceptors (Lipinski definition) is 2. The zero-order chi connectivity index (χ0) is 14.3. The number of rotatable bonds is 2. The van der Waals surface area contributed by atoms with Crippen LogP contribution in [0.2, 0.25) is 0 Å². The second-order valence-corrected chi connectivity index (χ2v) is 5.75. The molecule has 1 saturated carbocycles. The molecule has 1 aromatic heterocycles. The molecule has 1 heterocycles. The molecular formula is C15H17F2N3. The Hall–Kier alpha value is -1.91. The highest BCUT2D eigenvalue weighted by molar-refractivity contribution is 5.77. The van der Waals surface area contributed by atoms with Crippen molar-refractivity contribution in [2.75, 3.05) is 5.73 Å². The van der Waals surface area contributed by atoms with Crippen molar-refractivity contribution in [2.24, 2.45) is 0 Å². The highest BCUT2D eigenvalue weighted by atomic mass is 19.1. The predicted molar refractivity (Wildman–Crippen MR) is 74.2 cm³/mol. The Labute approximate surface area is 116 Å². The van der Waals surface area contributed by atoms with Gasteiger partial charge in [0.05, 0.1) is 11.3 Å². The van der Waals surface area contributed by atoms with Crippen LogP contribution >= 0.6 is 0 Å². The molecule has 20 heavy (non-hydrogen) atoms. The molecule has 106 valence electrons. The summed E-state index contributed by atoms with van der Waals surface area (Å²) in [6.45, 7) is 2.14. The zero-order valence-corrected chi connectivity index (χ0v) is 11.3. The molecule has 0 spiro atoms. The number of H-pyrrole nitrogens is 1. The van der Waals surface area contributed by atoms with Gasteiger partial charge in [0.15, 0.2) is 5.82 Å².